The van der Waals surface area contributed by atoms with Crippen LogP contribution in [0.5, 0.6) is 0 Å². The first kappa shape index (κ1) is 10.7. The highest BCUT2D eigenvalue weighted by Gasteiger charge is 2.16. The van der Waals surface area contributed by atoms with Crippen molar-refractivity contribution in [2.24, 2.45) is 0 Å². The quantitative estimate of drug-likeness (QED) is 0.588. The highest BCUT2D eigenvalue weighted by atomic mass is 127. The van der Waals surface area contributed by atoms with Gasteiger partial charge in [-0.1, -0.05) is 11.6 Å². The molecular formula is C8H5ClFIO2. The van der Waals surface area contributed by atoms with Crippen molar-refractivity contribution in [2.45, 2.75) is 0 Å². The first-order chi connectivity index (χ1) is 6.06. The highest BCUT2D eigenvalue weighted by Crippen LogP contribution is 2.22. The van der Waals surface area contributed by atoms with Crippen molar-refractivity contribution in [1.82, 2.24) is 0 Å². The molecule has 13 heavy (non-hydrogen) atoms. The topological polar surface area (TPSA) is 26.3 Å². The number of esters is 1. The largest absolute Gasteiger partial charge is 0.465 e. The fourth-order valence-electron chi connectivity index (χ4n) is 0.839. The van der Waals surface area contributed by atoms with Gasteiger partial charge >= 0.3 is 5.97 Å². The van der Waals surface area contributed by atoms with Crippen LogP contribution in [0, 0.1) is 9.39 Å². The predicted molar refractivity (Wildman–Crippen MR) is 55.5 cm³/mol. The van der Waals surface area contributed by atoms with Crippen LogP contribution in [-0.4, -0.2) is 13.1 Å². The second-order valence-corrected chi connectivity index (χ2v) is 3.83. The Morgan fingerprint density at radius 2 is 2.23 bits per heavy atom. The van der Waals surface area contributed by atoms with Crippen LogP contribution < -0.4 is 0 Å². The Bertz CT molecular complexity index is 331. The molecule has 0 amide bonds. The predicted octanol–water partition coefficient (Wildman–Crippen LogP) is 2.87. The van der Waals surface area contributed by atoms with Crippen molar-refractivity contribution in [3.8, 4) is 0 Å². The van der Waals surface area contributed by atoms with Crippen molar-refractivity contribution >= 4 is 40.2 Å². The standard InChI is InChI=1S/C8H5ClFIO2/c1-13-8(12)7-5(10)2-4(9)3-6(7)11/h2-3H,1H3. The summed E-state index contributed by atoms with van der Waals surface area (Å²) in [4.78, 5) is 11.1. The van der Waals surface area contributed by atoms with E-state index in [1.807, 2.05) is 22.6 Å². The van der Waals surface area contributed by atoms with E-state index in [0.29, 0.717) is 3.57 Å². The number of benzene rings is 1. The van der Waals surface area contributed by atoms with Crippen LogP contribution in [-0.2, 0) is 4.74 Å². The number of hydrogen-bond donors (Lipinski definition) is 0. The van der Waals surface area contributed by atoms with Crippen molar-refractivity contribution in [2.75, 3.05) is 7.11 Å². The maximum absolute atomic E-state index is 13.2. The van der Waals surface area contributed by atoms with Gasteiger partial charge in [-0.15, -0.1) is 0 Å². The zero-order chi connectivity index (χ0) is 10.0. The first-order valence-electron chi connectivity index (χ1n) is 3.29. The Kier molecular flexibility index (Phi) is 3.49. The number of methoxy groups -OCH3 is 1. The zero-order valence-corrected chi connectivity index (χ0v) is 9.52. The summed E-state index contributed by atoms with van der Waals surface area (Å²) in [6.45, 7) is 0. The van der Waals surface area contributed by atoms with E-state index in [9.17, 15) is 9.18 Å². The Labute approximate surface area is 93.2 Å². The van der Waals surface area contributed by atoms with E-state index in [1.165, 1.54) is 13.2 Å². The van der Waals surface area contributed by atoms with Crippen LogP contribution in [0.4, 0.5) is 4.39 Å². The molecule has 0 atom stereocenters. The van der Waals surface area contributed by atoms with Crippen LogP contribution in [0.2, 0.25) is 5.02 Å². The number of rotatable bonds is 1. The Morgan fingerprint density at radius 3 is 2.69 bits per heavy atom. The molecule has 0 aromatic heterocycles. The molecule has 0 radical (unpaired) electrons. The molecule has 0 aliphatic heterocycles. The van der Waals surface area contributed by atoms with Crippen molar-refractivity contribution in [1.29, 1.82) is 0 Å². The summed E-state index contributed by atoms with van der Waals surface area (Å²) in [7, 11) is 1.20. The highest BCUT2D eigenvalue weighted by molar-refractivity contribution is 14.1. The lowest BCUT2D eigenvalue weighted by molar-refractivity contribution is 0.0594. The molecular weight excluding hydrogens is 309 g/mol. The fraction of sp³-hybridized carbons (Fsp3) is 0.125. The molecule has 0 saturated heterocycles. The Morgan fingerprint density at radius 1 is 1.62 bits per heavy atom. The zero-order valence-electron chi connectivity index (χ0n) is 6.61. The normalized spacial score (nSPS) is 9.85. The minimum absolute atomic E-state index is 0.0764. The Balaban J connectivity index is 3.28. The minimum atomic E-state index is -0.696. The number of halogens is 3. The average Bonchev–Trinajstić information content (AvgIpc) is 2.02. The van der Waals surface area contributed by atoms with Crippen LogP contribution >= 0.6 is 34.2 Å². The molecule has 0 heterocycles. The molecule has 0 bridgehead atoms. The molecule has 1 aromatic rings. The molecule has 1 aromatic carbocycles. The second kappa shape index (κ2) is 4.23. The van der Waals surface area contributed by atoms with Gasteiger partial charge in [0.1, 0.15) is 11.4 Å². The van der Waals surface area contributed by atoms with Gasteiger partial charge in [0.15, 0.2) is 0 Å². The van der Waals surface area contributed by atoms with E-state index in [0.717, 1.165) is 6.07 Å². The summed E-state index contributed by atoms with van der Waals surface area (Å²) < 4.78 is 18.0. The molecule has 0 N–H and O–H groups in total. The summed E-state index contributed by atoms with van der Waals surface area (Å²) in [5, 5.41) is 0.259. The van der Waals surface area contributed by atoms with Crippen molar-refractivity contribution in [3.05, 3.63) is 32.1 Å². The molecule has 0 spiro atoms. The van der Waals surface area contributed by atoms with Crippen molar-refractivity contribution < 1.29 is 13.9 Å². The van der Waals surface area contributed by atoms with Gasteiger partial charge in [-0.3, -0.25) is 0 Å². The van der Waals surface area contributed by atoms with Gasteiger partial charge in [-0.05, 0) is 34.7 Å². The van der Waals surface area contributed by atoms with E-state index in [1.54, 1.807) is 0 Å². The minimum Gasteiger partial charge on any atom is -0.465 e. The van der Waals surface area contributed by atoms with Gasteiger partial charge in [0.2, 0.25) is 0 Å². The van der Waals surface area contributed by atoms with Gasteiger partial charge in [0.05, 0.1) is 7.11 Å². The lowest BCUT2D eigenvalue weighted by atomic mass is 10.2. The monoisotopic (exact) mass is 314 g/mol. The van der Waals surface area contributed by atoms with E-state index in [4.69, 9.17) is 11.6 Å². The molecule has 0 aliphatic carbocycles. The van der Waals surface area contributed by atoms with Crippen LogP contribution in [0.15, 0.2) is 12.1 Å². The number of hydrogen-bond acceptors (Lipinski definition) is 2. The summed E-state index contributed by atoms with van der Waals surface area (Å²) in [6, 6.07) is 2.58. The number of ether oxygens (including phenoxy) is 1. The summed E-state index contributed by atoms with van der Waals surface area (Å²) in [5.41, 5.74) is -0.0764. The van der Waals surface area contributed by atoms with Gasteiger partial charge in [0.25, 0.3) is 0 Å². The lowest BCUT2D eigenvalue weighted by Gasteiger charge is -2.03. The van der Waals surface area contributed by atoms with Crippen molar-refractivity contribution in [3.63, 3.8) is 0 Å². The molecule has 0 fully saturated rings. The maximum Gasteiger partial charge on any atom is 0.341 e. The Hall–Kier alpha value is -0.360. The van der Waals surface area contributed by atoms with Gasteiger partial charge in [-0.2, -0.15) is 0 Å². The summed E-state index contributed by atoms with van der Waals surface area (Å²) in [6.07, 6.45) is 0. The van der Waals surface area contributed by atoms with E-state index in [2.05, 4.69) is 4.74 Å². The van der Waals surface area contributed by atoms with Crippen LogP contribution in [0.25, 0.3) is 0 Å². The fourth-order valence-corrected chi connectivity index (χ4v) is 2.04. The molecule has 0 unspecified atom stereocenters. The third kappa shape index (κ3) is 2.31. The first-order valence-corrected chi connectivity index (χ1v) is 4.74. The van der Waals surface area contributed by atoms with Gasteiger partial charge in [-0.25, -0.2) is 9.18 Å². The smallest absolute Gasteiger partial charge is 0.341 e. The lowest BCUT2D eigenvalue weighted by Crippen LogP contribution is -2.06. The van der Waals surface area contributed by atoms with E-state index >= 15 is 0 Å². The molecule has 1 rings (SSSR count). The molecule has 0 aliphatic rings. The van der Waals surface area contributed by atoms with E-state index < -0.39 is 11.8 Å². The summed E-state index contributed by atoms with van der Waals surface area (Å²) in [5.74, 6) is -1.36. The van der Waals surface area contributed by atoms with Crippen LogP contribution in [0.3, 0.4) is 0 Å². The summed E-state index contributed by atoms with van der Waals surface area (Å²) >= 11 is 7.40. The van der Waals surface area contributed by atoms with Gasteiger partial charge in [0, 0.05) is 8.59 Å². The van der Waals surface area contributed by atoms with E-state index in [-0.39, 0.29) is 10.6 Å². The van der Waals surface area contributed by atoms with Crippen LogP contribution in [0.1, 0.15) is 10.4 Å². The SMILES string of the molecule is COC(=O)c1c(F)cc(Cl)cc1I. The third-order valence-electron chi connectivity index (χ3n) is 1.40. The number of carbonyl (C=O) groups is 1. The third-order valence-corrected chi connectivity index (χ3v) is 2.47. The number of carbonyl (C=O) groups excluding carboxylic acids is 1. The molecule has 70 valence electrons. The molecule has 5 heteroatoms. The maximum atomic E-state index is 13.2. The molecule has 0 saturated carbocycles. The molecule has 2 nitrogen and oxygen atoms in total. The average molecular weight is 314 g/mol. The second-order valence-electron chi connectivity index (χ2n) is 2.24. The van der Waals surface area contributed by atoms with Gasteiger partial charge < -0.3 is 4.74 Å².